The second-order valence-electron chi connectivity index (χ2n) is 5.36. The highest BCUT2D eigenvalue weighted by molar-refractivity contribution is 5.91. The van der Waals surface area contributed by atoms with Crippen LogP contribution >= 0.6 is 0 Å². The van der Waals surface area contributed by atoms with Crippen LogP contribution in [0.1, 0.15) is 18.1 Å². The van der Waals surface area contributed by atoms with Crippen molar-refractivity contribution < 1.29 is 24.9 Å². The van der Waals surface area contributed by atoms with Gasteiger partial charge in [0.05, 0.1) is 6.61 Å². The van der Waals surface area contributed by atoms with Crippen molar-refractivity contribution in [2.24, 2.45) is 0 Å². The standard InChI is InChI=1S/C19H21NO5/c1-2-25-18-12-13(4-7-16(18)22)5-8-19(24)20-10-9-14-3-6-15(21)17(23)11-14/h3-8,11-12,21-23H,2,9-10H2,1H3,(H,20,24). The van der Waals surface area contributed by atoms with Crippen molar-refractivity contribution in [2.45, 2.75) is 13.3 Å². The van der Waals surface area contributed by atoms with Gasteiger partial charge in [-0.05, 0) is 54.8 Å². The van der Waals surface area contributed by atoms with E-state index in [-0.39, 0.29) is 23.2 Å². The van der Waals surface area contributed by atoms with Crippen molar-refractivity contribution in [3.63, 3.8) is 0 Å². The molecule has 1 amide bonds. The maximum atomic E-state index is 11.8. The Hall–Kier alpha value is -3.15. The topological polar surface area (TPSA) is 99.0 Å². The third-order valence-corrected chi connectivity index (χ3v) is 3.46. The van der Waals surface area contributed by atoms with E-state index in [9.17, 15) is 20.1 Å². The summed E-state index contributed by atoms with van der Waals surface area (Å²) in [5, 5.41) is 31.1. The van der Waals surface area contributed by atoms with Crippen LogP contribution in [0.4, 0.5) is 0 Å². The van der Waals surface area contributed by atoms with Gasteiger partial charge >= 0.3 is 0 Å². The Kier molecular flexibility index (Phi) is 6.28. The average Bonchev–Trinajstić information content (AvgIpc) is 2.59. The third-order valence-electron chi connectivity index (χ3n) is 3.46. The number of benzene rings is 2. The number of phenolic OH excluding ortho intramolecular Hbond substituents is 3. The summed E-state index contributed by atoms with van der Waals surface area (Å²) in [7, 11) is 0. The third kappa shape index (κ3) is 5.46. The predicted molar refractivity (Wildman–Crippen MR) is 94.8 cm³/mol. The smallest absolute Gasteiger partial charge is 0.244 e. The van der Waals surface area contributed by atoms with Gasteiger partial charge < -0.3 is 25.4 Å². The van der Waals surface area contributed by atoms with Gasteiger partial charge in [-0.25, -0.2) is 0 Å². The molecule has 0 spiro atoms. The van der Waals surface area contributed by atoms with Crippen molar-refractivity contribution in [2.75, 3.05) is 13.2 Å². The van der Waals surface area contributed by atoms with E-state index in [1.54, 1.807) is 24.3 Å². The van der Waals surface area contributed by atoms with E-state index < -0.39 is 0 Å². The van der Waals surface area contributed by atoms with E-state index in [4.69, 9.17) is 4.74 Å². The first-order chi connectivity index (χ1) is 12.0. The highest BCUT2D eigenvalue weighted by Crippen LogP contribution is 2.27. The molecule has 0 aromatic heterocycles. The number of amides is 1. The molecule has 0 saturated carbocycles. The van der Waals surface area contributed by atoms with Gasteiger partial charge in [0.1, 0.15) is 0 Å². The predicted octanol–water partition coefficient (Wildman–Crippen LogP) is 2.57. The number of carbonyl (C=O) groups is 1. The lowest BCUT2D eigenvalue weighted by Crippen LogP contribution is -2.23. The maximum absolute atomic E-state index is 11.8. The van der Waals surface area contributed by atoms with Crippen molar-refractivity contribution >= 4 is 12.0 Å². The highest BCUT2D eigenvalue weighted by atomic mass is 16.5. The number of aromatic hydroxyl groups is 3. The molecule has 0 fully saturated rings. The summed E-state index contributed by atoms with van der Waals surface area (Å²) >= 11 is 0. The Balaban J connectivity index is 1.86. The monoisotopic (exact) mass is 343 g/mol. The van der Waals surface area contributed by atoms with E-state index in [0.29, 0.717) is 25.3 Å². The molecular weight excluding hydrogens is 322 g/mol. The Morgan fingerprint density at radius 1 is 1.08 bits per heavy atom. The van der Waals surface area contributed by atoms with Crippen LogP contribution in [0.5, 0.6) is 23.0 Å². The van der Waals surface area contributed by atoms with Gasteiger partial charge in [0.2, 0.25) is 5.91 Å². The highest BCUT2D eigenvalue weighted by Gasteiger charge is 2.03. The van der Waals surface area contributed by atoms with E-state index in [1.165, 1.54) is 24.3 Å². The Morgan fingerprint density at radius 2 is 1.84 bits per heavy atom. The van der Waals surface area contributed by atoms with Gasteiger partial charge in [0.25, 0.3) is 0 Å². The molecule has 0 aliphatic rings. The number of hydrogen-bond acceptors (Lipinski definition) is 5. The van der Waals surface area contributed by atoms with E-state index in [1.807, 2.05) is 6.92 Å². The van der Waals surface area contributed by atoms with E-state index in [0.717, 1.165) is 11.1 Å². The molecule has 2 aromatic rings. The van der Waals surface area contributed by atoms with Gasteiger partial charge in [-0.2, -0.15) is 0 Å². The molecule has 132 valence electrons. The zero-order chi connectivity index (χ0) is 18.2. The Morgan fingerprint density at radius 3 is 2.56 bits per heavy atom. The first-order valence-corrected chi connectivity index (χ1v) is 7.92. The fraction of sp³-hybridized carbons (Fsp3) is 0.211. The molecule has 0 heterocycles. The summed E-state index contributed by atoms with van der Waals surface area (Å²) in [5.41, 5.74) is 1.54. The van der Waals surface area contributed by atoms with Crippen molar-refractivity contribution in [1.29, 1.82) is 0 Å². The normalized spacial score (nSPS) is 10.8. The van der Waals surface area contributed by atoms with Crippen LogP contribution in [-0.2, 0) is 11.2 Å². The lowest BCUT2D eigenvalue weighted by Gasteiger charge is -2.06. The number of rotatable bonds is 7. The van der Waals surface area contributed by atoms with Crippen LogP contribution in [0.3, 0.4) is 0 Å². The van der Waals surface area contributed by atoms with Crippen LogP contribution in [0.15, 0.2) is 42.5 Å². The van der Waals surface area contributed by atoms with Crippen LogP contribution in [0.2, 0.25) is 0 Å². The molecule has 2 rings (SSSR count). The van der Waals surface area contributed by atoms with E-state index in [2.05, 4.69) is 5.32 Å². The molecule has 0 bridgehead atoms. The summed E-state index contributed by atoms with van der Waals surface area (Å²) in [5.74, 6) is -0.177. The summed E-state index contributed by atoms with van der Waals surface area (Å²) in [6.07, 6.45) is 3.56. The molecule has 0 unspecified atom stereocenters. The number of hydrogen-bond donors (Lipinski definition) is 4. The second-order valence-corrected chi connectivity index (χ2v) is 5.36. The molecule has 2 aromatic carbocycles. The van der Waals surface area contributed by atoms with Gasteiger partial charge in [-0.1, -0.05) is 12.1 Å². The summed E-state index contributed by atoms with van der Waals surface area (Å²) in [6.45, 7) is 2.66. The molecule has 25 heavy (non-hydrogen) atoms. The summed E-state index contributed by atoms with van der Waals surface area (Å²) < 4.78 is 5.29. The molecule has 0 saturated heterocycles. The first kappa shape index (κ1) is 18.2. The van der Waals surface area contributed by atoms with Gasteiger partial charge in [0.15, 0.2) is 23.0 Å². The molecule has 0 aliphatic carbocycles. The quantitative estimate of drug-likeness (QED) is 0.457. The number of carbonyl (C=O) groups excluding carboxylic acids is 1. The molecule has 4 N–H and O–H groups in total. The molecule has 0 atom stereocenters. The minimum atomic E-state index is -0.256. The SMILES string of the molecule is CCOc1cc(C=CC(=O)NCCc2ccc(O)c(O)c2)ccc1O. The van der Waals surface area contributed by atoms with E-state index >= 15 is 0 Å². The molecule has 0 aliphatic heterocycles. The Bertz CT molecular complexity index is 770. The van der Waals surface area contributed by atoms with Crippen LogP contribution < -0.4 is 10.1 Å². The average molecular weight is 343 g/mol. The van der Waals surface area contributed by atoms with Crippen molar-refractivity contribution in [3.05, 3.63) is 53.6 Å². The largest absolute Gasteiger partial charge is 0.504 e. The number of nitrogens with one attached hydrogen (secondary N) is 1. The Labute approximate surface area is 146 Å². The summed E-state index contributed by atoms with van der Waals surface area (Å²) in [6, 6.07) is 9.40. The van der Waals surface area contributed by atoms with Crippen LogP contribution in [-0.4, -0.2) is 34.4 Å². The maximum Gasteiger partial charge on any atom is 0.244 e. The van der Waals surface area contributed by atoms with Gasteiger partial charge in [-0.3, -0.25) is 4.79 Å². The molecule has 6 nitrogen and oxygen atoms in total. The van der Waals surface area contributed by atoms with Crippen molar-refractivity contribution in [1.82, 2.24) is 5.32 Å². The number of ether oxygens (including phenoxy) is 1. The summed E-state index contributed by atoms with van der Waals surface area (Å²) in [4.78, 5) is 11.8. The lowest BCUT2D eigenvalue weighted by atomic mass is 10.1. The molecular formula is C19H21NO5. The van der Waals surface area contributed by atoms with Crippen LogP contribution in [0.25, 0.3) is 6.08 Å². The second kappa shape index (κ2) is 8.63. The van der Waals surface area contributed by atoms with Crippen LogP contribution in [0, 0.1) is 0 Å². The molecule has 0 radical (unpaired) electrons. The fourth-order valence-electron chi connectivity index (χ4n) is 2.19. The zero-order valence-electron chi connectivity index (χ0n) is 13.9. The molecule has 6 heteroatoms. The minimum absolute atomic E-state index is 0.0561. The fourth-order valence-corrected chi connectivity index (χ4v) is 2.19. The number of phenols is 3. The first-order valence-electron chi connectivity index (χ1n) is 7.92. The van der Waals surface area contributed by atoms with Gasteiger partial charge in [0, 0.05) is 12.6 Å². The lowest BCUT2D eigenvalue weighted by molar-refractivity contribution is -0.116. The van der Waals surface area contributed by atoms with Gasteiger partial charge in [-0.15, -0.1) is 0 Å². The zero-order valence-corrected chi connectivity index (χ0v) is 13.9. The minimum Gasteiger partial charge on any atom is -0.504 e. The van der Waals surface area contributed by atoms with Crippen molar-refractivity contribution in [3.8, 4) is 23.0 Å².